The van der Waals surface area contributed by atoms with E-state index in [2.05, 4.69) is 5.43 Å². The summed E-state index contributed by atoms with van der Waals surface area (Å²) in [7, 11) is 1.39. The van der Waals surface area contributed by atoms with Crippen LogP contribution in [0.1, 0.15) is 12.5 Å². The van der Waals surface area contributed by atoms with Gasteiger partial charge in [0.05, 0.1) is 12.8 Å². The number of ether oxygens (including phenoxy) is 2. The molecule has 2 aromatic carbocycles. The third-order valence-electron chi connectivity index (χ3n) is 3.72. The molecule has 1 N–H and O–H groups in total. The van der Waals surface area contributed by atoms with Crippen molar-refractivity contribution in [3.05, 3.63) is 58.6 Å². The summed E-state index contributed by atoms with van der Waals surface area (Å²) in [6.07, 6.45) is 1.31. The zero-order valence-electron chi connectivity index (χ0n) is 14.5. The number of rotatable bonds is 4. The first-order valence-electron chi connectivity index (χ1n) is 7.89. The zero-order valence-corrected chi connectivity index (χ0v) is 15.2. The van der Waals surface area contributed by atoms with Crippen molar-refractivity contribution in [3.63, 3.8) is 0 Å². The number of carbonyl (C=O) groups excluding carboxylic acids is 3. The summed E-state index contributed by atoms with van der Waals surface area (Å²) in [5.74, 6) is -1.44. The molecule has 1 heterocycles. The van der Waals surface area contributed by atoms with Gasteiger partial charge in [-0.05, 0) is 24.3 Å². The number of esters is 1. The lowest BCUT2D eigenvalue weighted by Gasteiger charge is -2.14. The first-order valence-corrected chi connectivity index (χ1v) is 8.26. The Morgan fingerprint density at radius 2 is 1.89 bits per heavy atom. The van der Waals surface area contributed by atoms with Gasteiger partial charge in [0.2, 0.25) is 0 Å². The molecule has 1 saturated heterocycles. The lowest BCUT2D eigenvalue weighted by molar-refractivity contribution is -0.132. The molecule has 1 fully saturated rings. The van der Waals surface area contributed by atoms with Crippen molar-refractivity contribution in [1.82, 2.24) is 5.43 Å². The topological polar surface area (TPSA) is 84.9 Å². The number of halogens is 1. The summed E-state index contributed by atoms with van der Waals surface area (Å²) in [4.78, 5) is 36.5. The predicted octanol–water partition coefficient (Wildman–Crippen LogP) is 2.74. The van der Waals surface area contributed by atoms with Gasteiger partial charge in [-0.3, -0.25) is 19.8 Å². The highest BCUT2D eigenvalue weighted by Crippen LogP contribution is 2.36. The average Bonchev–Trinajstić information content (AvgIpc) is 2.92. The summed E-state index contributed by atoms with van der Waals surface area (Å²) in [5.41, 5.74) is 3.15. The Bertz CT molecular complexity index is 956. The van der Waals surface area contributed by atoms with Crippen LogP contribution in [0.3, 0.4) is 0 Å². The van der Waals surface area contributed by atoms with Gasteiger partial charge in [0, 0.05) is 23.6 Å². The predicted molar refractivity (Wildman–Crippen MR) is 99.4 cm³/mol. The van der Waals surface area contributed by atoms with Crippen molar-refractivity contribution in [2.75, 3.05) is 12.1 Å². The zero-order chi connectivity index (χ0) is 19.6. The molecule has 0 bridgehead atoms. The summed E-state index contributed by atoms with van der Waals surface area (Å²) < 4.78 is 10.4. The number of nitrogens with one attached hydrogen (secondary N) is 1. The van der Waals surface area contributed by atoms with Crippen LogP contribution in [0.2, 0.25) is 5.02 Å². The van der Waals surface area contributed by atoms with Crippen molar-refractivity contribution in [2.24, 2.45) is 0 Å². The molecule has 0 atom stereocenters. The standard InChI is InChI=1S/C19H15ClN2O5/c1-11(23)27-17-12(8-13(20)10-16(17)26-2)9-15-18(24)21-22(19(15)25)14-6-4-3-5-7-14/h3-10H,1-2H3,(H,21,24). The largest absolute Gasteiger partial charge is 0.493 e. The van der Waals surface area contributed by atoms with E-state index in [-0.39, 0.29) is 22.6 Å². The molecule has 27 heavy (non-hydrogen) atoms. The normalized spacial score (nSPS) is 15.1. The average molecular weight is 387 g/mol. The van der Waals surface area contributed by atoms with Gasteiger partial charge < -0.3 is 9.47 Å². The van der Waals surface area contributed by atoms with Crippen LogP contribution in [0, 0.1) is 0 Å². The number of benzene rings is 2. The first-order chi connectivity index (χ1) is 12.9. The van der Waals surface area contributed by atoms with Crippen LogP contribution in [0.5, 0.6) is 11.5 Å². The Labute approximate surface area is 160 Å². The smallest absolute Gasteiger partial charge is 0.308 e. The number of hydrogen-bond donors (Lipinski definition) is 1. The van der Waals surface area contributed by atoms with Crippen LogP contribution in [0.4, 0.5) is 5.69 Å². The van der Waals surface area contributed by atoms with Crippen LogP contribution in [0.25, 0.3) is 6.08 Å². The van der Waals surface area contributed by atoms with Gasteiger partial charge in [0.25, 0.3) is 11.8 Å². The summed E-state index contributed by atoms with van der Waals surface area (Å²) in [6.45, 7) is 1.23. The van der Waals surface area contributed by atoms with Gasteiger partial charge in [-0.2, -0.15) is 0 Å². The third kappa shape index (κ3) is 3.78. The number of carbonyl (C=O) groups is 3. The summed E-state index contributed by atoms with van der Waals surface area (Å²) in [5, 5.41) is 1.43. The highest BCUT2D eigenvalue weighted by atomic mass is 35.5. The summed E-state index contributed by atoms with van der Waals surface area (Å²) >= 11 is 6.07. The number of amides is 2. The van der Waals surface area contributed by atoms with Gasteiger partial charge >= 0.3 is 5.97 Å². The van der Waals surface area contributed by atoms with E-state index in [0.29, 0.717) is 10.7 Å². The Kier molecular flexibility index (Phi) is 5.14. The molecular formula is C19H15ClN2O5. The molecule has 0 radical (unpaired) electrons. The fraction of sp³-hybridized carbons (Fsp3) is 0.105. The highest BCUT2D eigenvalue weighted by molar-refractivity contribution is 6.32. The molecule has 1 aliphatic rings. The third-order valence-corrected chi connectivity index (χ3v) is 3.94. The van der Waals surface area contributed by atoms with Crippen molar-refractivity contribution >= 4 is 41.1 Å². The second-order valence-corrected chi connectivity index (χ2v) is 6.03. The van der Waals surface area contributed by atoms with E-state index in [1.807, 2.05) is 0 Å². The van der Waals surface area contributed by atoms with Gasteiger partial charge in [0.1, 0.15) is 5.57 Å². The number of hydrazine groups is 1. The molecule has 1 aliphatic heterocycles. The van der Waals surface area contributed by atoms with Crippen molar-refractivity contribution < 1.29 is 23.9 Å². The quantitative estimate of drug-likeness (QED) is 0.378. The molecule has 0 spiro atoms. The summed E-state index contributed by atoms with van der Waals surface area (Å²) in [6, 6.07) is 11.6. The van der Waals surface area contributed by atoms with Crippen LogP contribution in [0.15, 0.2) is 48.0 Å². The number of hydrogen-bond acceptors (Lipinski definition) is 5. The lowest BCUT2D eigenvalue weighted by Crippen LogP contribution is -2.35. The fourth-order valence-electron chi connectivity index (χ4n) is 2.57. The Morgan fingerprint density at radius 3 is 2.52 bits per heavy atom. The van der Waals surface area contributed by atoms with Crippen LogP contribution >= 0.6 is 11.6 Å². The first kappa shape index (κ1) is 18.5. The molecule has 0 saturated carbocycles. The van der Waals surface area contributed by atoms with Gasteiger partial charge in [0.15, 0.2) is 11.5 Å². The van der Waals surface area contributed by atoms with Crippen LogP contribution in [-0.4, -0.2) is 24.9 Å². The van der Waals surface area contributed by atoms with E-state index in [9.17, 15) is 14.4 Å². The van der Waals surface area contributed by atoms with E-state index < -0.39 is 17.8 Å². The second-order valence-electron chi connectivity index (χ2n) is 5.60. The van der Waals surface area contributed by atoms with Crippen molar-refractivity contribution in [2.45, 2.75) is 6.92 Å². The SMILES string of the molecule is COc1cc(Cl)cc(C=C2C(=O)NN(c3ccccc3)C2=O)c1OC(C)=O. The van der Waals surface area contributed by atoms with Crippen molar-refractivity contribution in [3.8, 4) is 11.5 Å². The highest BCUT2D eigenvalue weighted by Gasteiger charge is 2.34. The van der Waals surface area contributed by atoms with E-state index in [1.54, 1.807) is 30.3 Å². The van der Waals surface area contributed by atoms with Crippen LogP contribution in [-0.2, 0) is 14.4 Å². The molecule has 0 aromatic heterocycles. The molecule has 2 aromatic rings. The minimum atomic E-state index is -0.587. The van der Waals surface area contributed by atoms with Crippen LogP contribution < -0.4 is 19.9 Å². The molecule has 138 valence electrons. The second kappa shape index (κ2) is 7.51. The monoisotopic (exact) mass is 386 g/mol. The molecule has 7 nitrogen and oxygen atoms in total. The number of methoxy groups -OCH3 is 1. The van der Waals surface area contributed by atoms with Gasteiger partial charge in [-0.1, -0.05) is 29.8 Å². The maximum absolute atomic E-state index is 12.7. The molecule has 3 rings (SSSR count). The van der Waals surface area contributed by atoms with E-state index in [1.165, 1.54) is 32.2 Å². The number of para-hydroxylation sites is 1. The van der Waals surface area contributed by atoms with E-state index in [4.69, 9.17) is 21.1 Å². The minimum Gasteiger partial charge on any atom is -0.493 e. The molecule has 0 aliphatic carbocycles. The minimum absolute atomic E-state index is 0.0701. The van der Waals surface area contributed by atoms with E-state index >= 15 is 0 Å². The Balaban J connectivity index is 2.06. The van der Waals surface area contributed by atoms with E-state index in [0.717, 1.165) is 5.01 Å². The maximum Gasteiger partial charge on any atom is 0.308 e. The molecular weight excluding hydrogens is 372 g/mol. The fourth-order valence-corrected chi connectivity index (χ4v) is 2.79. The number of anilines is 1. The molecule has 8 heteroatoms. The molecule has 2 amide bonds. The Morgan fingerprint density at radius 1 is 1.19 bits per heavy atom. The van der Waals surface area contributed by atoms with Crippen molar-refractivity contribution in [1.29, 1.82) is 0 Å². The maximum atomic E-state index is 12.7. The number of nitrogens with zero attached hydrogens (tertiary/aromatic N) is 1. The Hall–Kier alpha value is -3.32. The molecule has 0 unspecified atom stereocenters. The lowest BCUT2D eigenvalue weighted by atomic mass is 10.1. The van der Waals surface area contributed by atoms with Gasteiger partial charge in [-0.15, -0.1) is 0 Å². The van der Waals surface area contributed by atoms with Gasteiger partial charge in [-0.25, -0.2) is 5.01 Å².